The topological polar surface area (TPSA) is 162 Å². The number of likely N-dealkylation sites (N-methyl/N-ethyl adjacent to an activating group) is 1. The minimum Gasteiger partial charge on any atom is -0.396 e. The molecular formula is C40H61N3O5. The van der Waals surface area contributed by atoms with Crippen LogP contribution in [0.5, 0.6) is 0 Å². The number of nitrogens with one attached hydrogen (secondary N) is 1. The molecule has 48 heavy (non-hydrogen) atoms. The van der Waals surface area contributed by atoms with Crippen LogP contribution < -0.4 is 16.8 Å². The third-order valence-electron chi connectivity index (χ3n) is 10.9. The van der Waals surface area contributed by atoms with E-state index in [1.807, 2.05) is 49.4 Å². The van der Waals surface area contributed by atoms with Crippen LogP contribution in [0.15, 0.2) is 83.0 Å². The number of rotatable bonds is 16. The van der Waals surface area contributed by atoms with E-state index in [0.29, 0.717) is 49.7 Å². The first-order valence-corrected chi connectivity index (χ1v) is 17.6. The highest BCUT2D eigenvalue weighted by Gasteiger charge is 2.64. The molecule has 1 aromatic rings. The summed E-state index contributed by atoms with van der Waals surface area (Å²) >= 11 is 0. The monoisotopic (exact) mass is 663 g/mol. The summed E-state index contributed by atoms with van der Waals surface area (Å²) in [6.45, 7) is 14.7. The molecule has 0 unspecified atom stereocenters. The third-order valence-corrected chi connectivity index (χ3v) is 10.9. The second-order valence-corrected chi connectivity index (χ2v) is 14.3. The highest BCUT2D eigenvalue weighted by atomic mass is 16.3. The van der Waals surface area contributed by atoms with Crippen molar-refractivity contribution < 1.29 is 25.2 Å². The van der Waals surface area contributed by atoms with Gasteiger partial charge in [0.2, 0.25) is 0 Å². The van der Waals surface area contributed by atoms with Gasteiger partial charge in [-0.2, -0.15) is 0 Å². The van der Waals surface area contributed by atoms with Crippen molar-refractivity contribution in [3.05, 3.63) is 94.1 Å². The normalized spacial score (nSPS) is 27.9. The molecule has 2 fully saturated rings. The maximum Gasteiger partial charge on any atom is 0.162 e. The summed E-state index contributed by atoms with van der Waals surface area (Å²) in [6.07, 6.45) is 10.4. The Morgan fingerprint density at radius 1 is 1.19 bits per heavy atom. The molecule has 1 spiro atoms. The maximum atomic E-state index is 13.8. The molecule has 0 heterocycles. The second-order valence-electron chi connectivity index (χ2n) is 14.3. The number of aliphatic hydroxyl groups is 4. The van der Waals surface area contributed by atoms with Crippen molar-refractivity contribution >= 4 is 5.78 Å². The first-order valence-electron chi connectivity index (χ1n) is 17.6. The van der Waals surface area contributed by atoms with Gasteiger partial charge in [0, 0.05) is 30.4 Å². The van der Waals surface area contributed by atoms with E-state index in [2.05, 4.69) is 38.7 Å². The fourth-order valence-electron chi connectivity index (χ4n) is 8.14. The molecular weight excluding hydrogens is 602 g/mol. The molecule has 0 amide bonds. The Bertz CT molecular complexity index is 1390. The largest absolute Gasteiger partial charge is 0.396 e. The van der Waals surface area contributed by atoms with Gasteiger partial charge in [-0.1, -0.05) is 73.2 Å². The van der Waals surface area contributed by atoms with Crippen LogP contribution in [0.2, 0.25) is 0 Å². The number of hydrogen-bond acceptors (Lipinski definition) is 8. The molecule has 9 N–H and O–H groups in total. The van der Waals surface area contributed by atoms with E-state index in [-0.39, 0.29) is 43.3 Å². The second kappa shape index (κ2) is 17.8. The summed E-state index contributed by atoms with van der Waals surface area (Å²) in [4.78, 5) is 13.8. The predicted molar refractivity (Wildman–Crippen MR) is 195 cm³/mol. The van der Waals surface area contributed by atoms with Crippen LogP contribution in [-0.2, 0) is 11.2 Å². The lowest BCUT2D eigenvalue weighted by Crippen LogP contribution is -2.59. The van der Waals surface area contributed by atoms with Crippen LogP contribution in [0, 0.1) is 17.3 Å². The number of carbonyl (C=O) groups excluding carboxylic acids is 1. The Balaban J connectivity index is 1.95. The number of hydrogen-bond donors (Lipinski definition) is 7. The van der Waals surface area contributed by atoms with Crippen molar-refractivity contribution in [3.63, 3.8) is 0 Å². The first kappa shape index (κ1) is 39.7. The molecule has 6 atom stereocenters. The lowest BCUT2D eigenvalue weighted by molar-refractivity contribution is -0.167. The lowest BCUT2D eigenvalue weighted by atomic mass is 9.52. The van der Waals surface area contributed by atoms with Crippen LogP contribution in [0.3, 0.4) is 0 Å². The van der Waals surface area contributed by atoms with Gasteiger partial charge in [-0.15, -0.1) is 0 Å². The van der Waals surface area contributed by atoms with Gasteiger partial charge in [0.25, 0.3) is 0 Å². The molecule has 8 nitrogen and oxygen atoms in total. The smallest absolute Gasteiger partial charge is 0.162 e. The summed E-state index contributed by atoms with van der Waals surface area (Å²) in [7, 11) is 0. The summed E-state index contributed by atoms with van der Waals surface area (Å²) in [6, 6.07) is 7.53. The van der Waals surface area contributed by atoms with Crippen LogP contribution in [-0.4, -0.2) is 63.7 Å². The van der Waals surface area contributed by atoms with Gasteiger partial charge in [-0.3, -0.25) is 4.79 Å². The molecule has 0 aliphatic heterocycles. The van der Waals surface area contributed by atoms with Gasteiger partial charge < -0.3 is 37.2 Å². The zero-order valence-corrected chi connectivity index (χ0v) is 29.8. The zero-order valence-electron chi connectivity index (χ0n) is 29.8. The summed E-state index contributed by atoms with van der Waals surface area (Å²) in [5.74, 6) is -0.707. The van der Waals surface area contributed by atoms with Crippen molar-refractivity contribution in [2.24, 2.45) is 28.7 Å². The Labute approximate surface area is 288 Å². The lowest BCUT2D eigenvalue weighted by Gasteiger charge is -2.55. The number of carbonyl (C=O) groups is 1. The molecule has 2 aliphatic rings. The van der Waals surface area contributed by atoms with Crippen LogP contribution in [0.25, 0.3) is 0 Å². The van der Waals surface area contributed by atoms with E-state index in [4.69, 9.17) is 11.5 Å². The van der Waals surface area contributed by atoms with Crippen molar-refractivity contribution in [3.8, 4) is 0 Å². The van der Waals surface area contributed by atoms with Gasteiger partial charge in [0.05, 0.1) is 24.5 Å². The molecule has 3 rings (SSSR count). The Kier molecular flexibility index (Phi) is 14.7. The molecule has 0 radical (unpaired) electrons. The molecule has 1 aromatic carbocycles. The van der Waals surface area contributed by atoms with E-state index in [1.165, 1.54) is 5.57 Å². The third kappa shape index (κ3) is 9.10. The van der Waals surface area contributed by atoms with Gasteiger partial charge in [-0.25, -0.2) is 0 Å². The predicted octanol–water partition coefficient (Wildman–Crippen LogP) is 5.09. The Morgan fingerprint density at radius 2 is 1.92 bits per heavy atom. The fraction of sp³-hybridized carbons (Fsp3) is 0.575. The number of allylic oxidation sites excluding steroid dienone is 5. The summed E-state index contributed by atoms with van der Waals surface area (Å²) in [5, 5.41) is 48.2. The molecule has 0 bridgehead atoms. The summed E-state index contributed by atoms with van der Waals surface area (Å²) < 4.78 is 0. The molecule has 8 heteroatoms. The Hall–Kier alpha value is -2.69. The van der Waals surface area contributed by atoms with Gasteiger partial charge in [0.15, 0.2) is 5.78 Å². The molecule has 0 aromatic heterocycles. The molecule has 2 saturated carbocycles. The Morgan fingerprint density at radius 3 is 2.54 bits per heavy atom. The zero-order chi connectivity index (χ0) is 35.6. The van der Waals surface area contributed by atoms with E-state index in [9.17, 15) is 25.2 Å². The molecule has 266 valence electrons. The van der Waals surface area contributed by atoms with Crippen molar-refractivity contribution in [2.45, 2.75) is 110 Å². The van der Waals surface area contributed by atoms with E-state index < -0.39 is 23.3 Å². The van der Waals surface area contributed by atoms with Crippen LogP contribution in [0.1, 0.15) is 96.9 Å². The minimum absolute atomic E-state index is 0.0239. The average molecular weight is 664 g/mol. The quantitative estimate of drug-likeness (QED) is 0.0557. The molecule has 2 aliphatic carbocycles. The number of Topliss-reactive ketones (excluding diaryl/α,β-unsaturated/α-hetero) is 1. The highest BCUT2D eigenvalue weighted by molar-refractivity contribution is 5.97. The SMILES string of the molecule is C=C(C=CC=C(CO)[C@@H]1CC[C@@]2([C@H](CCCO)C(=C(C)C(=O)Cc3cccc(C(N)N)c3)CC[C@@]2(C)O)[C@@H]1O)[C@H](CC=C(C)C)NCC. The molecule has 0 saturated heterocycles. The number of nitrogens with two attached hydrogens (primary N) is 2. The van der Waals surface area contributed by atoms with Crippen molar-refractivity contribution in [1.82, 2.24) is 5.32 Å². The van der Waals surface area contributed by atoms with Crippen LogP contribution in [0.4, 0.5) is 0 Å². The number of ketones is 1. The van der Waals surface area contributed by atoms with E-state index in [0.717, 1.165) is 35.2 Å². The van der Waals surface area contributed by atoms with Crippen molar-refractivity contribution in [1.29, 1.82) is 0 Å². The van der Waals surface area contributed by atoms with E-state index in [1.54, 1.807) is 6.92 Å². The summed E-state index contributed by atoms with van der Waals surface area (Å²) in [5.41, 5.74) is 15.6. The fourth-order valence-corrected chi connectivity index (χ4v) is 8.14. The van der Waals surface area contributed by atoms with E-state index >= 15 is 0 Å². The van der Waals surface area contributed by atoms with Crippen LogP contribution >= 0.6 is 0 Å². The highest BCUT2D eigenvalue weighted by Crippen LogP contribution is 2.63. The first-order chi connectivity index (χ1) is 22.7. The minimum atomic E-state index is -1.21. The average Bonchev–Trinajstić information content (AvgIpc) is 3.39. The standard InChI is InChI=1S/C40H61N3O5/c1-7-43-35(17-16-26(2)3)27(4)11-8-14-31(25-45)33-19-21-40(37(33)47)34(15-10-22-44)32(18-20-39(40,6)48)28(5)36(46)24-29-12-9-13-30(23-29)38(41)42/h8-9,11-14,16,23,33-35,37-38,43-45,47-48H,4,7,10,15,17-22,24-25,41-42H2,1-3,5-6H3/t33-,34+,35-,37+,39+,40+/m0/s1. The van der Waals surface area contributed by atoms with Crippen molar-refractivity contribution in [2.75, 3.05) is 19.8 Å². The number of aliphatic hydroxyl groups excluding tert-OH is 3. The van der Waals surface area contributed by atoms with Gasteiger partial charge in [-0.05, 0) is 113 Å². The van der Waals surface area contributed by atoms with Gasteiger partial charge >= 0.3 is 0 Å². The number of benzene rings is 1. The maximum absolute atomic E-state index is 13.8. The van der Waals surface area contributed by atoms with Gasteiger partial charge in [0.1, 0.15) is 0 Å².